The van der Waals surface area contributed by atoms with Crippen molar-refractivity contribution >= 4 is 0 Å². The minimum absolute atomic E-state index is 0.944. The fourth-order valence-electron chi connectivity index (χ4n) is 1.85. The van der Waals surface area contributed by atoms with Crippen LogP contribution in [-0.2, 0) is 0 Å². The molecular formula is C12H22. The average Bonchev–Trinajstić information content (AvgIpc) is 2.09. The Balaban J connectivity index is 2.15. The Kier molecular flexibility index (Phi) is 4.42. The lowest BCUT2D eigenvalue weighted by Gasteiger charge is -2.17. The lowest BCUT2D eigenvalue weighted by atomic mass is 9.89. The highest BCUT2D eigenvalue weighted by Gasteiger charge is 2.08. The van der Waals surface area contributed by atoms with Crippen molar-refractivity contribution in [3.63, 3.8) is 0 Å². The maximum atomic E-state index is 2.49. The lowest BCUT2D eigenvalue weighted by molar-refractivity contribution is 0.502. The quantitative estimate of drug-likeness (QED) is 0.431. The van der Waals surface area contributed by atoms with E-state index < -0.39 is 0 Å². The number of rotatable bonds is 4. The molecule has 0 bridgehead atoms. The second-order valence-corrected chi connectivity index (χ2v) is 4.20. The van der Waals surface area contributed by atoms with Crippen LogP contribution in [0.5, 0.6) is 0 Å². The maximum Gasteiger partial charge on any atom is -0.0318 e. The first-order valence-corrected chi connectivity index (χ1v) is 5.50. The topological polar surface area (TPSA) is 0 Å². The Hall–Kier alpha value is -0.260. The second kappa shape index (κ2) is 5.40. The van der Waals surface area contributed by atoms with E-state index in [2.05, 4.69) is 19.9 Å². The highest BCUT2D eigenvalue weighted by Crippen LogP contribution is 2.25. The highest BCUT2D eigenvalue weighted by molar-refractivity contribution is 5.05. The van der Waals surface area contributed by atoms with Crippen LogP contribution in [0.1, 0.15) is 58.8 Å². The molecule has 1 aliphatic carbocycles. The van der Waals surface area contributed by atoms with Crippen LogP contribution in [0.3, 0.4) is 0 Å². The molecule has 70 valence electrons. The van der Waals surface area contributed by atoms with Crippen molar-refractivity contribution in [2.45, 2.75) is 58.8 Å². The molecule has 0 nitrogen and oxygen atoms in total. The number of unbranched alkanes of at least 4 members (excludes halogenated alkanes) is 2. The predicted octanol–water partition coefficient (Wildman–Crippen LogP) is 4.31. The molecule has 1 aliphatic rings. The van der Waals surface area contributed by atoms with E-state index in [0.717, 1.165) is 5.92 Å². The van der Waals surface area contributed by atoms with Gasteiger partial charge >= 0.3 is 0 Å². The molecule has 0 heteroatoms. The van der Waals surface area contributed by atoms with E-state index in [1.165, 1.54) is 44.9 Å². The van der Waals surface area contributed by atoms with Crippen molar-refractivity contribution in [3.8, 4) is 0 Å². The minimum Gasteiger partial charge on any atom is -0.0851 e. The fraction of sp³-hybridized carbons (Fsp3) is 0.833. The van der Waals surface area contributed by atoms with Crippen molar-refractivity contribution in [1.29, 1.82) is 0 Å². The van der Waals surface area contributed by atoms with Crippen LogP contribution in [0, 0.1) is 5.92 Å². The zero-order valence-corrected chi connectivity index (χ0v) is 8.60. The zero-order chi connectivity index (χ0) is 8.81. The summed E-state index contributed by atoms with van der Waals surface area (Å²) in [5.74, 6) is 0.944. The predicted molar refractivity (Wildman–Crippen MR) is 55.2 cm³/mol. The van der Waals surface area contributed by atoms with Gasteiger partial charge in [-0.3, -0.25) is 0 Å². The van der Waals surface area contributed by atoms with Crippen LogP contribution in [0.25, 0.3) is 0 Å². The number of allylic oxidation sites excluding steroid dienone is 2. The molecule has 0 fully saturated rings. The van der Waals surface area contributed by atoms with Crippen LogP contribution >= 0.6 is 0 Å². The molecule has 0 heterocycles. The largest absolute Gasteiger partial charge is 0.0851 e. The van der Waals surface area contributed by atoms with E-state index in [-0.39, 0.29) is 0 Å². The summed E-state index contributed by atoms with van der Waals surface area (Å²) in [5.41, 5.74) is 1.74. The van der Waals surface area contributed by atoms with Gasteiger partial charge in [0.1, 0.15) is 0 Å². The van der Waals surface area contributed by atoms with Gasteiger partial charge in [0.25, 0.3) is 0 Å². The maximum absolute atomic E-state index is 2.49. The van der Waals surface area contributed by atoms with Gasteiger partial charge < -0.3 is 0 Å². The third-order valence-electron chi connectivity index (χ3n) is 2.87. The summed E-state index contributed by atoms with van der Waals surface area (Å²) >= 11 is 0. The lowest BCUT2D eigenvalue weighted by Crippen LogP contribution is -2.01. The summed E-state index contributed by atoms with van der Waals surface area (Å²) < 4.78 is 0. The molecule has 0 N–H and O–H groups in total. The molecule has 0 radical (unpaired) electrons. The van der Waals surface area contributed by atoms with Gasteiger partial charge in [0.05, 0.1) is 0 Å². The first-order valence-electron chi connectivity index (χ1n) is 5.50. The Morgan fingerprint density at radius 2 is 2.25 bits per heavy atom. The molecule has 0 aliphatic heterocycles. The van der Waals surface area contributed by atoms with Crippen LogP contribution in [0.15, 0.2) is 11.6 Å². The van der Waals surface area contributed by atoms with Crippen LogP contribution in [0.4, 0.5) is 0 Å². The highest BCUT2D eigenvalue weighted by atomic mass is 14.1. The van der Waals surface area contributed by atoms with Gasteiger partial charge in [0.2, 0.25) is 0 Å². The first kappa shape index (κ1) is 9.83. The molecule has 1 unspecified atom stereocenters. The van der Waals surface area contributed by atoms with Gasteiger partial charge in [-0.25, -0.2) is 0 Å². The molecule has 12 heavy (non-hydrogen) atoms. The molecule has 0 saturated carbocycles. The molecule has 1 atom stereocenters. The molecule has 0 amide bonds. The van der Waals surface area contributed by atoms with Crippen LogP contribution in [0.2, 0.25) is 0 Å². The molecule has 0 saturated heterocycles. The zero-order valence-electron chi connectivity index (χ0n) is 8.60. The molecular weight excluding hydrogens is 144 g/mol. The van der Waals surface area contributed by atoms with E-state index in [0.29, 0.717) is 0 Å². The van der Waals surface area contributed by atoms with Crippen molar-refractivity contribution in [3.05, 3.63) is 11.6 Å². The summed E-state index contributed by atoms with van der Waals surface area (Å²) in [6.45, 7) is 4.64. The summed E-state index contributed by atoms with van der Waals surface area (Å²) in [5, 5.41) is 0. The van der Waals surface area contributed by atoms with Gasteiger partial charge in [-0.1, -0.05) is 38.3 Å². The van der Waals surface area contributed by atoms with E-state index in [1.54, 1.807) is 5.57 Å². The van der Waals surface area contributed by atoms with Gasteiger partial charge in [0.15, 0.2) is 0 Å². The second-order valence-electron chi connectivity index (χ2n) is 4.20. The van der Waals surface area contributed by atoms with Crippen molar-refractivity contribution in [2.75, 3.05) is 0 Å². The van der Waals surface area contributed by atoms with Gasteiger partial charge in [-0.15, -0.1) is 0 Å². The third kappa shape index (κ3) is 3.42. The molecule has 1 rings (SSSR count). The molecule has 0 spiro atoms. The van der Waals surface area contributed by atoms with E-state index in [1.807, 2.05) is 0 Å². The van der Waals surface area contributed by atoms with Gasteiger partial charge in [-0.05, 0) is 38.0 Å². The van der Waals surface area contributed by atoms with E-state index in [9.17, 15) is 0 Å². The summed E-state index contributed by atoms with van der Waals surface area (Å²) in [6, 6.07) is 0. The molecule has 0 aromatic rings. The van der Waals surface area contributed by atoms with E-state index in [4.69, 9.17) is 0 Å². The normalized spacial score (nSPS) is 23.8. The monoisotopic (exact) mass is 166 g/mol. The Morgan fingerprint density at radius 1 is 1.42 bits per heavy atom. The summed E-state index contributed by atoms with van der Waals surface area (Å²) in [7, 11) is 0. The molecule has 0 aromatic carbocycles. The standard InChI is InChI=1S/C12H22/c1-3-4-5-6-12-9-7-11(2)8-10-12/h9,11H,3-8,10H2,1-2H3. The number of hydrogen-bond acceptors (Lipinski definition) is 0. The van der Waals surface area contributed by atoms with Crippen LogP contribution < -0.4 is 0 Å². The van der Waals surface area contributed by atoms with Crippen molar-refractivity contribution in [1.82, 2.24) is 0 Å². The number of hydrogen-bond donors (Lipinski definition) is 0. The minimum atomic E-state index is 0.944. The van der Waals surface area contributed by atoms with Gasteiger partial charge in [0, 0.05) is 0 Å². The summed E-state index contributed by atoms with van der Waals surface area (Å²) in [6.07, 6.45) is 12.2. The summed E-state index contributed by atoms with van der Waals surface area (Å²) in [4.78, 5) is 0. The molecule has 0 aromatic heterocycles. The SMILES string of the molecule is CCCCCC1=CCC(C)CC1. The Morgan fingerprint density at radius 3 is 2.83 bits per heavy atom. The van der Waals surface area contributed by atoms with Crippen molar-refractivity contribution in [2.24, 2.45) is 5.92 Å². The fourth-order valence-corrected chi connectivity index (χ4v) is 1.85. The van der Waals surface area contributed by atoms with Gasteiger partial charge in [-0.2, -0.15) is 0 Å². The first-order chi connectivity index (χ1) is 5.83. The van der Waals surface area contributed by atoms with E-state index >= 15 is 0 Å². The van der Waals surface area contributed by atoms with Crippen LogP contribution in [-0.4, -0.2) is 0 Å². The smallest absolute Gasteiger partial charge is 0.0318 e. The Labute approximate surface area is 77.1 Å². The third-order valence-corrected chi connectivity index (χ3v) is 2.87. The average molecular weight is 166 g/mol. The van der Waals surface area contributed by atoms with Crippen molar-refractivity contribution < 1.29 is 0 Å². The Bertz CT molecular complexity index is 144.